The third-order valence-corrected chi connectivity index (χ3v) is 10.2. The number of halogens is 1. The number of carbonyl (C=O) groups excluding carboxylic acids is 1. The molecule has 0 N–H and O–H groups in total. The van der Waals surface area contributed by atoms with Crippen LogP contribution < -0.4 is 0 Å². The maximum Gasteiger partial charge on any atom is 0.242 e. The number of nitrogens with zero attached hydrogens (tertiary/aromatic N) is 2. The van der Waals surface area contributed by atoms with Crippen LogP contribution >= 0.6 is 11.6 Å². The van der Waals surface area contributed by atoms with Gasteiger partial charge in [0.15, 0.2) is 5.78 Å². The van der Waals surface area contributed by atoms with E-state index in [0.29, 0.717) is 22.9 Å². The molecule has 1 heterocycles. The van der Waals surface area contributed by atoms with Gasteiger partial charge in [0.05, 0.1) is 4.90 Å². The molecule has 194 valence electrons. The van der Waals surface area contributed by atoms with Crippen LogP contribution in [0.1, 0.15) is 53.1 Å². The molecule has 1 fully saturated rings. The summed E-state index contributed by atoms with van der Waals surface area (Å²) in [4.78, 5) is 15.4. The third-order valence-electron chi connectivity index (χ3n) is 8.15. The highest BCUT2D eigenvalue weighted by Gasteiger charge is 2.44. The van der Waals surface area contributed by atoms with Crippen molar-refractivity contribution in [3.05, 3.63) is 101 Å². The summed E-state index contributed by atoms with van der Waals surface area (Å²) in [6, 6.07) is 24.4. The monoisotopic (exact) mass is 536 g/mol. The van der Waals surface area contributed by atoms with Crippen molar-refractivity contribution < 1.29 is 13.2 Å². The molecule has 1 aliphatic carbocycles. The Morgan fingerprint density at radius 2 is 1.68 bits per heavy atom. The van der Waals surface area contributed by atoms with E-state index >= 15 is 0 Å². The average Bonchev–Trinajstić information content (AvgIpc) is 3.19. The fraction of sp³-hybridized carbons (Fsp3) is 0.367. The maximum absolute atomic E-state index is 13.2. The Morgan fingerprint density at radius 3 is 2.41 bits per heavy atom. The predicted molar refractivity (Wildman–Crippen MR) is 148 cm³/mol. The van der Waals surface area contributed by atoms with Gasteiger partial charge in [-0.1, -0.05) is 66.2 Å². The molecule has 5 nitrogen and oxygen atoms in total. The first kappa shape index (κ1) is 26.1. The normalized spacial score (nSPS) is 18.3. The van der Waals surface area contributed by atoms with E-state index < -0.39 is 10.0 Å². The van der Waals surface area contributed by atoms with Gasteiger partial charge in [-0.15, -0.1) is 0 Å². The van der Waals surface area contributed by atoms with Crippen LogP contribution in [0.25, 0.3) is 0 Å². The van der Waals surface area contributed by atoms with Crippen LogP contribution in [-0.4, -0.2) is 56.6 Å². The van der Waals surface area contributed by atoms with Crippen LogP contribution in [0.4, 0.5) is 0 Å². The molecule has 1 unspecified atom stereocenters. The Morgan fingerprint density at radius 1 is 0.973 bits per heavy atom. The first-order valence-electron chi connectivity index (χ1n) is 12.9. The van der Waals surface area contributed by atoms with Gasteiger partial charge < -0.3 is 4.90 Å². The van der Waals surface area contributed by atoms with Crippen molar-refractivity contribution in [1.29, 1.82) is 0 Å². The zero-order valence-corrected chi connectivity index (χ0v) is 22.7. The lowest BCUT2D eigenvalue weighted by molar-refractivity contribution is 0.0933. The largest absolute Gasteiger partial charge is 0.303 e. The minimum absolute atomic E-state index is 0.00635. The van der Waals surface area contributed by atoms with Gasteiger partial charge in [-0.25, -0.2) is 12.7 Å². The van der Waals surface area contributed by atoms with E-state index in [1.54, 1.807) is 31.3 Å². The minimum Gasteiger partial charge on any atom is -0.303 e. The highest BCUT2D eigenvalue weighted by molar-refractivity contribution is 7.89. The van der Waals surface area contributed by atoms with Crippen molar-refractivity contribution in [3.63, 3.8) is 0 Å². The number of ketones is 1. The zero-order valence-electron chi connectivity index (χ0n) is 21.1. The third kappa shape index (κ3) is 5.39. The lowest BCUT2D eigenvalue weighted by Crippen LogP contribution is -2.42. The molecular formula is C30H33ClN2O3S. The molecule has 3 aromatic carbocycles. The Bertz CT molecular complexity index is 1370. The van der Waals surface area contributed by atoms with E-state index in [4.69, 9.17) is 11.6 Å². The number of likely N-dealkylation sites (N-methyl/N-ethyl adjacent to an activating group) is 1. The van der Waals surface area contributed by atoms with Gasteiger partial charge in [0.1, 0.15) is 0 Å². The molecule has 1 saturated heterocycles. The smallest absolute Gasteiger partial charge is 0.242 e. The van der Waals surface area contributed by atoms with Gasteiger partial charge in [0.2, 0.25) is 10.0 Å². The standard InChI is InChI=1S/C30H33ClN2O3S/c1-32(37(35,36)26-10-3-2-4-11-26)22-24(23-8-7-9-25(31)20-23)14-17-33-18-15-30(16-19-33)21-29(34)27-12-5-6-13-28(27)30/h2-13,20,24H,14-19,21-22H2,1H3. The number of Topliss-reactive ketones (excluding diaryl/α,β-unsaturated/α-hetero) is 1. The molecule has 2 aliphatic rings. The summed E-state index contributed by atoms with van der Waals surface area (Å²) in [5.41, 5.74) is 3.15. The van der Waals surface area contributed by atoms with Gasteiger partial charge in [0.25, 0.3) is 0 Å². The Balaban J connectivity index is 1.27. The molecule has 0 bridgehead atoms. The van der Waals surface area contributed by atoms with Crippen LogP contribution in [0.3, 0.4) is 0 Å². The van der Waals surface area contributed by atoms with Crippen LogP contribution in [0, 0.1) is 0 Å². The first-order chi connectivity index (χ1) is 17.8. The topological polar surface area (TPSA) is 57.7 Å². The van der Waals surface area contributed by atoms with Crippen molar-refractivity contribution in [3.8, 4) is 0 Å². The summed E-state index contributed by atoms with van der Waals surface area (Å²) in [5, 5.41) is 0.653. The van der Waals surface area contributed by atoms with E-state index in [2.05, 4.69) is 11.0 Å². The number of fused-ring (bicyclic) bond motifs is 2. The SMILES string of the molecule is CN(CC(CCN1CCC2(CC1)CC(=O)c1ccccc12)c1cccc(Cl)c1)S(=O)(=O)c1ccccc1. The second-order valence-corrected chi connectivity index (χ2v) is 12.9. The quantitative estimate of drug-likeness (QED) is 0.367. The molecule has 0 amide bonds. The second kappa shape index (κ2) is 10.7. The molecular weight excluding hydrogens is 504 g/mol. The highest BCUT2D eigenvalue weighted by atomic mass is 35.5. The molecule has 0 aromatic heterocycles. The summed E-state index contributed by atoms with van der Waals surface area (Å²) in [5.74, 6) is 0.277. The number of benzene rings is 3. The van der Waals surface area contributed by atoms with Gasteiger partial charge in [-0.3, -0.25) is 4.79 Å². The van der Waals surface area contributed by atoms with Crippen molar-refractivity contribution >= 4 is 27.4 Å². The Hall–Kier alpha value is -2.51. The Labute approximate surface area is 225 Å². The van der Waals surface area contributed by atoms with Gasteiger partial charge >= 0.3 is 0 Å². The predicted octanol–water partition coefficient (Wildman–Crippen LogP) is 5.75. The van der Waals surface area contributed by atoms with E-state index in [1.807, 2.05) is 48.5 Å². The van der Waals surface area contributed by atoms with Gasteiger partial charge in [-0.2, -0.15) is 0 Å². The average molecular weight is 537 g/mol. The van der Waals surface area contributed by atoms with Crippen molar-refractivity contribution in [2.24, 2.45) is 0 Å². The van der Waals surface area contributed by atoms with Crippen LogP contribution in [0.5, 0.6) is 0 Å². The molecule has 7 heteroatoms. The zero-order chi connectivity index (χ0) is 26.0. The number of carbonyl (C=O) groups is 1. The highest BCUT2D eigenvalue weighted by Crippen LogP contribution is 2.46. The molecule has 1 spiro atoms. The number of hydrogen-bond donors (Lipinski definition) is 0. The van der Waals surface area contributed by atoms with Crippen molar-refractivity contribution in [2.45, 2.75) is 41.9 Å². The summed E-state index contributed by atoms with van der Waals surface area (Å²) in [6.07, 6.45) is 3.38. The lowest BCUT2D eigenvalue weighted by Gasteiger charge is -2.40. The van der Waals surface area contributed by atoms with E-state index in [9.17, 15) is 13.2 Å². The number of sulfonamides is 1. The molecule has 1 atom stereocenters. The molecule has 37 heavy (non-hydrogen) atoms. The number of rotatable bonds is 8. The number of hydrogen-bond acceptors (Lipinski definition) is 4. The van der Waals surface area contributed by atoms with E-state index in [1.165, 1.54) is 9.87 Å². The summed E-state index contributed by atoms with van der Waals surface area (Å²) < 4.78 is 27.9. The van der Waals surface area contributed by atoms with Crippen LogP contribution in [0.15, 0.2) is 83.8 Å². The summed E-state index contributed by atoms with van der Waals surface area (Å²) in [6.45, 7) is 3.10. The minimum atomic E-state index is -3.59. The fourth-order valence-electron chi connectivity index (χ4n) is 5.98. The maximum atomic E-state index is 13.2. The lowest BCUT2D eigenvalue weighted by atomic mass is 9.73. The summed E-state index contributed by atoms with van der Waals surface area (Å²) in [7, 11) is -1.94. The van der Waals surface area contributed by atoms with E-state index in [0.717, 1.165) is 50.0 Å². The number of likely N-dealkylation sites (tertiary alicyclic amines) is 1. The number of piperidine rings is 1. The van der Waals surface area contributed by atoms with Crippen LogP contribution in [-0.2, 0) is 15.4 Å². The summed E-state index contributed by atoms with van der Waals surface area (Å²) >= 11 is 6.31. The molecule has 5 rings (SSSR count). The van der Waals surface area contributed by atoms with Crippen molar-refractivity contribution in [1.82, 2.24) is 9.21 Å². The Kier molecular flexibility index (Phi) is 7.55. The first-order valence-corrected chi connectivity index (χ1v) is 14.7. The van der Waals surface area contributed by atoms with Gasteiger partial charge in [0, 0.05) is 36.0 Å². The van der Waals surface area contributed by atoms with Crippen LogP contribution in [0.2, 0.25) is 5.02 Å². The van der Waals surface area contributed by atoms with Gasteiger partial charge in [-0.05, 0) is 80.2 Å². The van der Waals surface area contributed by atoms with E-state index in [-0.39, 0.29) is 17.1 Å². The molecule has 1 aliphatic heterocycles. The molecule has 3 aromatic rings. The molecule has 0 saturated carbocycles. The van der Waals surface area contributed by atoms with Crippen molar-refractivity contribution in [2.75, 3.05) is 33.2 Å². The second-order valence-electron chi connectivity index (χ2n) is 10.4. The fourth-order valence-corrected chi connectivity index (χ4v) is 7.42. The molecule has 0 radical (unpaired) electrons.